The molecular formula is C18H26N2O. The molecular weight excluding hydrogens is 260 g/mol. The number of para-hydroxylation sites is 1. The molecule has 0 amide bonds. The Labute approximate surface area is 127 Å². The lowest BCUT2D eigenvalue weighted by atomic mass is 9.81. The molecule has 1 aromatic rings. The molecule has 1 N–H and O–H groups in total. The van der Waals surface area contributed by atoms with E-state index < -0.39 is 0 Å². The Hall–Kier alpha value is -1.06. The van der Waals surface area contributed by atoms with Crippen molar-refractivity contribution in [2.75, 3.05) is 24.7 Å². The van der Waals surface area contributed by atoms with E-state index >= 15 is 0 Å². The van der Waals surface area contributed by atoms with E-state index in [4.69, 9.17) is 4.74 Å². The van der Waals surface area contributed by atoms with Crippen LogP contribution in [0.3, 0.4) is 0 Å². The summed E-state index contributed by atoms with van der Waals surface area (Å²) in [5.74, 6) is 0. The average Bonchev–Trinajstić information content (AvgIpc) is 3.02. The van der Waals surface area contributed by atoms with Crippen molar-refractivity contribution in [1.29, 1.82) is 0 Å². The fraction of sp³-hybridized carbons (Fsp3) is 0.667. The molecule has 1 aromatic carbocycles. The predicted molar refractivity (Wildman–Crippen MR) is 85.7 cm³/mol. The normalized spacial score (nSPS) is 28.4. The van der Waals surface area contributed by atoms with E-state index in [-0.39, 0.29) is 0 Å². The van der Waals surface area contributed by atoms with Gasteiger partial charge in [-0.05, 0) is 30.9 Å². The van der Waals surface area contributed by atoms with Crippen molar-refractivity contribution in [1.82, 2.24) is 5.32 Å². The van der Waals surface area contributed by atoms with Crippen LogP contribution in [-0.4, -0.2) is 31.3 Å². The summed E-state index contributed by atoms with van der Waals surface area (Å²) in [4.78, 5) is 2.66. The van der Waals surface area contributed by atoms with Gasteiger partial charge in [0.15, 0.2) is 0 Å². The summed E-state index contributed by atoms with van der Waals surface area (Å²) >= 11 is 0. The molecule has 4 rings (SSSR count). The Morgan fingerprint density at radius 3 is 2.81 bits per heavy atom. The minimum atomic E-state index is 0.319. The van der Waals surface area contributed by atoms with Crippen molar-refractivity contribution in [3.05, 3.63) is 29.8 Å². The van der Waals surface area contributed by atoms with Gasteiger partial charge in [0, 0.05) is 30.9 Å². The molecule has 1 saturated carbocycles. The van der Waals surface area contributed by atoms with Crippen molar-refractivity contribution < 1.29 is 4.74 Å². The minimum absolute atomic E-state index is 0.319. The molecule has 3 nitrogen and oxygen atoms in total. The van der Waals surface area contributed by atoms with Crippen molar-refractivity contribution >= 4 is 5.69 Å². The van der Waals surface area contributed by atoms with Crippen LogP contribution < -0.4 is 10.2 Å². The lowest BCUT2D eigenvalue weighted by Gasteiger charge is -2.42. The molecule has 2 aliphatic heterocycles. The second kappa shape index (κ2) is 5.62. The van der Waals surface area contributed by atoms with Gasteiger partial charge in [-0.15, -0.1) is 0 Å². The number of nitrogens with zero attached hydrogens (tertiary/aromatic N) is 1. The van der Waals surface area contributed by atoms with Gasteiger partial charge in [-0.3, -0.25) is 0 Å². The zero-order chi connectivity index (χ0) is 14.1. The van der Waals surface area contributed by atoms with E-state index in [9.17, 15) is 0 Å². The number of nitrogens with one attached hydrogen (secondary N) is 1. The molecule has 114 valence electrons. The van der Waals surface area contributed by atoms with E-state index in [0.29, 0.717) is 11.6 Å². The summed E-state index contributed by atoms with van der Waals surface area (Å²) in [6.45, 7) is 3.98. The zero-order valence-corrected chi connectivity index (χ0v) is 12.8. The van der Waals surface area contributed by atoms with Crippen LogP contribution in [0.4, 0.5) is 5.69 Å². The van der Waals surface area contributed by atoms with Crippen LogP contribution in [0.15, 0.2) is 24.3 Å². The highest BCUT2D eigenvalue weighted by Crippen LogP contribution is 2.36. The quantitative estimate of drug-likeness (QED) is 0.858. The first-order valence-corrected chi connectivity index (χ1v) is 8.54. The number of anilines is 1. The van der Waals surface area contributed by atoms with Crippen LogP contribution in [0.5, 0.6) is 0 Å². The van der Waals surface area contributed by atoms with Crippen molar-refractivity contribution in [2.24, 2.45) is 0 Å². The molecule has 0 bridgehead atoms. The monoisotopic (exact) mass is 286 g/mol. The summed E-state index contributed by atoms with van der Waals surface area (Å²) in [5.41, 5.74) is 3.20. The van der Waals surface area contributed by atoms with E-state index in [1.165, 1.54) is 49.8 Å². The smallest absolute Gasteiger partial charge is 0.0670 e. The Morgan fingerprint density at radius 1 is 1.14 bits per heavy atom. The third kappa shape index (κ3) is 2.58. The number of hydrogen-bond acceptors (Lipinski definition) is 3. The first-order valence-electron chi connectivity index (χ1n) is 8.54. The lowest BCUT2D eigenvalue weighted by Crippen LogP contribution is -2.55. The highest BCUT2D eigenvalue weighted by atomic mass is 16.5. The van der Waals surface area contributed by atoms with Crippen molar-refractivity contribution in [3.63, 3.8) is 0 Å². The predicted octanol–water partition coefficient (Wildman–Crippen LogP) is 3.09. The van der Waals surface area contributed by atoms with Gasteiger partial charge in [0.1, 0.15) is 0 Å². The molecule has 0 aromatic heterocycles. The molecule has 3 heteroatoms. The van der Waals surface area contributed by atoms with Gasteiger partial charge in [0.05, 0.1) is 12.6 Å². The van der Waals surface area contributed by atoms with Crippen LogP contribution in [0, 0.1) is 0 Å². The largest absolute Gasteiger partial charge is 0.379 e. The standard InChI is InChI=1S/C18H26N2O/c1-4-9-18(10-5-1)14-20(16-8-11-21-13-16)17-7-3-2-6-15(17)12-19-18/h2-3,6-7,16,19H,1,4-5,8-14H2. The van der Waals surface area contributed by atoms with Gasteiger partial charge < -0.3 is 15.0 Å². The number of ether oxygens (including phenoxy) is 1. The minimum Gasteiger partial charge on any atom is -0.379 e. The SMILES string of the molecule is c1ccc2c(c1)CNC1(CCCCC1)CN2C1CCOC1. The maximum Gasteiger partial charge on any atom is 0.0670 e. The summed E-state index contributed by atoms with van der Waals surface area (Å²) in [6, 6.07) is 9.50. The Balaban J connectivity index is 1.68. The lowest BCUT2D eigenvalue weighted by molar-refractivity contribution is 0.189. The Morgan fingerprint density at radius 2 is 2.00 bits per heavy atom. The maximum atomic E-state index is 5.68. The molecule has 1 unspecified atom stereocenters. The average molecular weight is 286 g/mol. The highest BCUT2D eigenvalue weighted by molar-refractivity contribution is 5.56. The molecule has 1 aliphatic carbocycles. The number of fused-ring (bicyclic) bond motifs is 1. The van der Waals surface area contributed by atoms with Gasteiger partial charge in [-0.2, -0.15) is 0 Å². The van der Waals surface area contributed by atoms with E-state index in [2.05, 4.69) is 34.5 Å². The van der Waals surface area contributed by atoms with E-state index in [1.807, 2.05) is 0 Å². The Bertz CT molecular complexity index is 490. The van der Waals surface area contributed by atoms with Gasteiger partial charge in [-0.1, -0.05) is 37.5 Å². The van der Waals surface area contributed by atoms with E-state index in [0.717, 1.165) is 26.3 Å². The summed E-state index contributed by atoms with van der Waals surface area (Å²) in [7, 11) is 0. The number of benzene rings is 1. The van der Waals surface area contributed by atoms with Gasteiger partial charge in [-0.25, -0.2) is 0 Å². The molecule has 2 heterocycles. The molecule has 21 heavy (non-hydrogen) atoms. The van der Waals surface area contributed by atoms with Crippen LogP contribution in [0.1, 0.15) is 44.1 Å². The summed E-state index contributed by atoms with van der Waals surface area (Å²) in [5, 5.41) is 3.92. The zero-order valence-electron chi connectivity index (χ0n) is 12.8. The van der Waals surface area contributed by atoms with Gasteiger partial charge in [0.2, 0.25) is 0 Å². The van der Waals surface area contributed by atoms with Crippen LogP contribution >= 0.6 is 0 Å². The van der Waals surface area contributed by atoms with Crippen LogP contribution in [0.25, 0.3) is 0 Å². The third-order valence-electron chi connectivity index (χ3n) is 5.58. The van der Waals surface area contributed by atoms with Gasteiger partial charge >= 0.3 is 0 Å². The second-order valence-corrected chi connectivity index (χ2v) is 6.97. The first-order chi connectivity index (χ1) is 10.4. The second-order valence-electron chi connectivity index (χ2n) is 6.97. The fourth-order valence-electron chi connectivity index (χ4n) is 4.35. The third-order valence-corrected chi connectivity index (χ3v) is 5.58. The van der Waals surface area contributed by atoms with Crippen molar-refractivity contribution in [2.45, 2.75) is 56.7 Å². The Kier molecular flexibility index (Phi) is 3.64. The van der Waals surface area contributed by atoms with E-state index in [1.54, 1.807) is 0 Å². The van der Waals surface area contributed by atoms with Crippen LogP contribution in [0.2, 0.25) is 0 Å². The maximum absolute atomic E-state index is 5.68. The molecule has 1 spiro atoms. The summed E-state index contributed by atoms with van der Waals surface area (Å²) in [6.07, 6.45) is 7.97. The van der Waals surface area contributed by atoms with Crippen LogP contribution in [-0.2, 0) is 11.3 Å². The molecule has 0 radical (unpaired) electrons. The molecule has 1 saturated heterocycles. The first kappa shape index (κ1) is 13.6. The van der Waals surface area contributed by atoms with Gasteiger partial charge in [0.25, 0.3) is 0 Å². The topological polar surface area (TPSA) is 24.5 Å². The highest BCUT2D eigenvalue weighted by Gasteiger charge is 2.38. The summed E-state index contributed by atoms with van der Waals surface area (Å²) < 4.78 is 5.68. The number of hydrogen-bond donors (Lipinski definition) is 1. The molecule has 1 atom stereocenters. The number of rotatable bonds is 1. The van der Waals surface area contributed by atoms with Crippen molar-refractivity contribution in [3.8, 4) is 0 Å². The molecule has 2 fully saturated rings. The fourth-order valence-corrected chi connectivity index (χ4v) is 4.35. The molecule has 3 aliphatic rings.